The zero-order valence-electron chi connectivity index (χ0n) is 20.0. The molecule has 2 aromatic heterocycles. The monoisotopic (exact) mass is 506 g/mol. The number of anilines is 1. The Morgan fingerprint density at radius 1 is 0.889 bits per heavy atom. The van der Waals surface area contributed by atoms with Gasteiger partial charge in [0.15, 0.2) is 5.11 Å². The summed E-state index contributed by atoms with van der Waals surface area (Å²) in [5.74, 6) is 0. The van der Waals surface area contributed by atoms with Crippen LogP contribution in [0, 0.1) is 20.8 Å². The number of nitrogens with zero attached hydrogens (tertiary/aromatic N) is 3. The number of aromatic nitrogens is 2. The predicted molar refractivity (Wildman–Crippen MR) is 139 cm³/mol. The van der Waals surface area contributed by atoms with Crippen LogP contribution in [-0.2, 0) is 6.18 Å². The molecule has 36 heavy (non-hydrogen) atoms. The number of pyridine rings is 1. The van der Waals surface area contributed by atoms with Gasteiger partial charge < -0.3 is 14.8 Å². The van der Waals surface area contributed by atoms with Gasteiger partial charge in [-0.3, -0.25) is 4.98 Å². The third-order valence-electron chi connectivity index (χ3n) is 6.63. The van der Waals surface area contributed by atoms with Gasteiger partial charge in [0, 0.05) is 29.0 Å². The van der Waals surface area contributed by atoms with E-state index >= 15 is 0 Å². The van der Waals surface area contributed by atoms with Gasteiger partial charge >= 0.3 is 6.18 Å². The van der Waals surface area contributed by atoms with Crippen molar-refractivity contribution in [2.45, 2.75) is 39.0 Å². The molecule has 5 rings (SSSR count). The molecule has 2 aromatic carbocycles. The Hall–Kier alpha value is -3.65. The molecule has 0 unspecified atom stereocenters. The number of aryl methyl sites for hydroxylation is 2. The van der Waals surface area contributed by atoms with Gasteiger partial charge in [-0.25, -0.2) is 0 Å². The quantitative estimate of drug-likeness (QED) is 0.302. The molecular formula is C28H25F3N4S. The van der Waals surface area contributed by atoms with Gasteiger partial charge in [-0.1, -0.05) is 29.8 Å². The Morgan fingerprint density at radius 2 is 1.64 bits per heavy atom. The smallest absolute Gasteiger partial charge is 0.351 e. The average molecular weight is 507 g/mol. The van der Waals surface area contributed by atoms with Crippen molar-refractivity contribution in [3.63, 3.8) is 0 Å². The third-order valence-corrected chi connectivity index (χ3v) is 6.95. The normalized spacial score (nSPS) is 17.9. The highest BCUT2D eigenvalue weighted by Gasteiger charge is 2.42. The van der Waals surface area contributed by atoms with E-state index in [0.29, 0.717) is 10.8 Å². The maximum Gasteiger partial charge on any atom is 0.416 e. The first-order valence-electron chi connectivity index (χ1n) is 11.6. The minimum Gasteiger partial charge on any atom is -0.351 e. The van der Waals surface area contributed by atoms with Crippen LogP contribution < -0.4 is 10.2 Å². The van der Waals surface area contributed by atoms with Gasteiger partial charge in [-0.05, 0) is 87.1 Å². The van der Waals surface area contributed by atoms with Crippen molar-refractivity contribution < 1.29 is 13.2 Å². The van der Waals surface area contributed by atoms with Crippen molar-refractivity contribution in [2.24, 2.45) is 0 Å². The molecule has 0 bridgehead atoms. The van der Waals surface area contributed by atoms with Gasteiger partial charge in [0.05, 0.1) is 23.3 Å². The van der Waals surface area contributed by atoms with Crippen LogP contribution in [0.4, 0.5) is 18.9 Å². The van der Waals surface area contributed by atoms with E-state index in [2.05, 4.69) is 15.2 Å². The molecule has 1 fully saturated rings. The molecule has 0 radical (unpaired) electrons. The largest absolute Gasteiger partial charge is 0.416 e. The first-order chi connectivity index (χ1) is 17.1. The highest BCUT2D eigenvalue weighted by Crippen LogP contribution is 2.44. The predicted octanol–water partition coefficient (Wildman–Crippen LogP) is 6.99. The zero-order chi connectivity index (χ0) is 25.6. The lowest BCUT2D eigenvalue weighted by molar-refractivity contribution is -0.137. The molecule has 1 aliphatic rings. The lowest BCUT2D eigenvalue weighted by Gasteiger charge is -2.28. The van der Waals surface area contributed by atoms with Crippen molar-refractivity contribution in [1.29, 1.82) is 0 Å². The van der Waals surface area contributed by atoms with E-state index in [1.165, 1.54) is 12.1 Å². The molecule has 0 saturated carbocycles. The summed E-state index contributed by atoms with van der Waals surface area (Å²) in [7, 11) is 0. The Labute approximate surface area is 213 Å². The molecule has 1 saturated heterocycles. The molecule has 2 atom stereocenters. The van der Waals surface area contributed by atoms with E-state index in [4.69, 9.17) is 12.2 Å². The average Bonchev–Trinajstić information content (AvgIpc) is 3.35. The standard InChI is InChI=1S/C28H25F3N4S/c1-17-10-12-21(13-11-17)35-26(25(33-27(35)36)24-9-4-5-14-32-24)23-15-18(2)34(19(23)3)22-8-6-7-20(16-22)28(29,30)31/h4-16,25-26H,1-3H3,(H,33,36)/t25-,26-/m0/s1. The molecule has 1 N–H and O–H groups in total. The van der Waals surface area contributed by atoms with Crippen LogP contribution in [0.25, 0.3) is 5.69 Å². The van der Waals surface area contributed by atoms with Crippen molar-refractivity contribution in [2.75, 3.05) is 4.90 Å². The highest BCUT2D eigenvalue weighted by atomic mass is 32.1. The summed E-state index contributed by atoms with van der Waals surface area (Å²) in [6.45, 7) is 5.87. The summed E-state index contributed by atoms with van der Waals surface area (Å²) in [6, 6.07) is 20.9. The lowest BCUT2D eigenvalue weighted by atomic mass is 9.96. The maximum absolute atomic E-state index is 13.4. The second kappa shape index (κ2) is 9.09. The Kier molecular flexibility index (Phi) is 6.08. The van der Waals surface area contributed by atoms with Crippen LogP contribution in [0.3, 0.4) is 0 Å². The van der Waals surface area contributed by atoms with E-state index in [9.17, 15) is 13.2 Å². The Balaban J connectivity index is 1.67. The summed E-state index contributed by atoms with van der Waals surface area (Å²) < 4.78 is 42.2. The van der Waals surface area contributed by atoms with Gasteiger partial charge in [0.25, 0.3) is 0 Å². The summed E-state index contributed by atoms with van der Waals surface area (Å²) in [5, 5.41) is 4.02. The molecule has 8 heteroatoms. The van der Waals surface area contributed by atoms with Crippen LogP contribution in [-0.4, -0.2) is 14.7 Å². The minimum absolute atomic E-state index is 0.240. The zero-order valence-corrected chi connectivity index (χ0v) is 20.9. The fourth-order valence-corrected chi connectivity index (χ4v) is 5.31. The number of halogens is 3. The van der Waals surface area contributed by atoms with E-state index in [1.807, 2.05) is 73.9 Å². The van der Waals surface area contributed by atoms with Crippen molar-refractivity contribution in [3.05, 3.63) is 113 Å². The number of nitrogens with one attached hydrogen (secondary N) is 1. The summed E-state index contributed by atoms with van der Waals surface area (Å²) in [4.78, 5) is 6.66. The van der Waals surface area contributed by atoms with Crippen LogP contribution >= 0.6 is 12.2 Å². The first-order valence-corrected chi connectivity index (χ1v) is 12.0. The topological polar surface area (TPSA) is 33.1 Å². The van der Waals surface area contributed by atoms with E-state index in [-0.39, 0.29) is 12.1 Å². The summed E-state index contributed by atoms with van der Waals surface area (Å²) >= 11 is 5.80. The number of hydrogen-bond donors (Lipinski definition) is 1. The van der Waals surface area contributed by atoms with Gasteiger partial charge in [0.2, 0.25) is 0 Å². The molecule has 0 aliphatic carbocycles. The van der Waals surface area contributed by atoms with Crippen LogP contribution in [0.2, 0.25) is 0 Å². The minimum atomic E-state index is -4.42. The number of benzene rings is 2. The van der Waals surface area contributed by atoms with E-state index < -0.39 is 11.7 Å². The number of hydrogen-bond acceptors (Lipinski definition) is 2. The van der Waals surface area contributed by atoms with Crippen LogP contribution in [0.1, 0.15) is 45.9 Å². The summed E-state index contributed by atoms with van der Waals surface area (Å²) in [5.41, 5.74) is 5.35. The Bertz CT molecular complexity index is 1410. The highest BCUT2D eigenvalue weighted by molar-refractivity contribution is 7.80. The SMILES string of the molecule is Cc1ccc(N2C(=S)N[C@@H](c3ccccn3)[C@@H]2c2cc(C)n(-c3cccc(C(F)(F)F)c3)c2C)cc1. The van der Waals surface area contributed by atoms with Gasteiger partial charge in [0.1, 0.15) is 0 Å². The second-order valence-corrected chi connectivity index (χ2v) is 9.43. The van der Waals surface area contributed by atoms with E-state index in [1.54, 1.807) is 12.3 Å². The van der Waals surface area contributed by atoms with Crippen molar-refractivity contribution >= 4 is 23.0 Å². The number of thiocarbonyl (C=S) groups is 1. The molecule has 1 aliphatic heterocycles. The molecule has 3 heterocycles. The van der Waals surface area contributed by atoms with Gasteiger partial charge in [-0.15, -0.1) is 0 Å². The maximum atomic E-state index is 13.4. The first kappa shape index (κ1) is 24.1. The Morgan fingerprint density at radius 3 is 2.31 bits per heavy atom. The number of alkyl halides is 3. The molecule has 4 aromatic rings. The second-order valence-electron chi connectivity index (χ2n) is 9.04. The van der Waals surface area contributed by atoms with Crippen LogP contribution in [0.15, 0.2) is 79.0 Å². The van der Waals surface area contributed by atoms with E-state index in [0.717, 1.165) is 40.0 Å². The van der Waals surface area contributed by atoms with Crippen LogP contribution in [0.5, 0.6) is 0 Å². The third kappa shape index (κ3) is 4.26. The molecule has 0 amide bonds. The summed E-state index contributed by atoms with van der Waals surface area (Å²) in [6.07, 6.45) is -2.67. The fourth-order valence-electron chi connectivity index (χ4n) is 4.96. The van der Waals surface area contributed by atoms with Crippen molar-refractivity contribution in [1.82, 2.24) is 14.9 Å². The lowest BCUT2D eigenvalue weighted by Crippen LogP contribution is -2.29. The molecule has 4 nitrogen and oxygen atoms in total. The molecule has 184 valence electrons. The molecule has 0 spiro atoms. The molecular weight excluding hydrogens is 481 g/mol. The van der Waals surface area contributed by atoms with Crippen molar-refractivity contribution in [3.8, 4) is 5.69 Å². The number of rotatable bonds is 4. The van der Waals surface area contributed by atoms with Gasteiger partial charge in [-0.2, -0.15) is 13.2 Å². The fraction of sp³-hybridized carbons (Fsp3) is 0.214.